The summed E-state index contributed by atoms with van der Waals surface area (Å²) in [5.74, 6) is -0.0855. The Morgan fingerprint density at radius 1 is 1.00 bits per heavy atom. The quantitative estimate of drug-likeness (QED) is 0.347. The minimum Gasteiger partial charge on any atom is -0.310 e. The molecule has 2 aromatic rings. The number of para-hydroxylation sites is 2. The Bertz CT molecular complexity index is 1530. The first-order valence-corrected chi connectivity index (χ1v) is 17.5. The number of carbonyl (C=O) groups is 3. The summed E-state index contributed by atoms with van der Waals surface area (Å²) in [5.41, 5.74) is 1.81. The molecule has 0 radical (unpaired) electrons. The second-order valence-electron chi connectivity index (χ2n) is 15.2. The zero-order valence-corrected chi connectivity index (χ0v) is 28.6. The smallest absolute Gasteiger partial charge is 0.276 e. The lowest BCUT2D eigenvalue weighted by Gasteiger charge is -2.50. The van der Waals surface area contributed by atoms with Crippen molar-refractivity contribution in [2.24, 2.45) is 11.3 Å². The van der Waals surface area contributed by atoms with Gasteiger partial charge in [-0.1, -0.05) is 65.0 Å². The zero-order valence-electron chi connectivity index (χ0n) is 28.6. The second-order valence-corrected chi connectivity index (χ2v) is 15.2. The van der Waals surface area contributed by atoms with Crippen molar-refractivity contribution in [2.75, 3.05) is 13.1 Å². The van der Waals surface area contributed by atoms with Crippen molar-refractivity contribution in [1.29, 1.82) is 0 Å². The van der Waals surface area contributed by atoms with Crippen LogP contribution in [-0.2, 0) is 19.2 Å². The van der Waals surface area contributed by atoms with E-state index in [9.17, 15) is 14.4 Å². The largest absolute Gasteiger partial charge is 0.310 e. The summed E-state index contributed by atoms with van der Waals surface area (Å²) in [7, 11) is 0. The van der Waals surface area contributed by atoms with Crippen LogP contribution in [0, 0.1) is 11.3 Å². The number of piperidine rings is 1. The molecule has 4 aliphatic rings. The Balaban J connectivity index is 1.35. The van der Waals surface area contributed by atoms with E-state index in [-0.39, 0.29) is 23.3 Å². The number of fused-ring (bicyclic) bond motifs is 2. The van der Waals surface area contributed by atoms with E-state index in [0.717, 1.165) is 62.6 Å². The van der Waals surface area contributed by atoms with Crippen LogP contribution in [0.3, 0.4) is 0 Å². The first-order chi connectivity index (χ1) is 22.5. The van der Waals surface area contributed by atoms with E-state index in [1.54, 1.807) is 28.3 Å². The van der Waals surface area contributed by atoms with Gasteiger partial charge in [-0.25, -0.2) is 4.98 Å². The molecule has 10 nitrogen and oxygen atoms in total. The van der Waals surface area contributed by atoms with Gasteiger partial charge in [0.05, 0.1) is 29.1 Å². The highest BCUT2D eigenvalue weighted by molar-refractivity contribution is 5.97. The van der Waals surface area contributed by atoms with Crippen molar-refractivity contribution in [3.05, 3.63) is 54.3 Å². The van der Waals surface area contributed by atoms with Gasteiger partial charge in [-0.15, -0.1) is 0 Å². The number of hydroxylamine groups is 2. The van der Waals surface area contributed by atoms with Crippen molar-refractivity contribution in [2.45, 2.75) is 117 Å². The van der Waals surface area contributed by atoms with Crippen molar-refractivity contribution in [3.8, 4) is 0 Å². The van der Waals surface area contributed by atoms with Crippen molar-refractivity contribution in [3.63, 3.8) is 0 Å². The van der Waals surface area contributed by atoms with Crippen LogP contribution >= 0.6 is 0 Å². The van der Waals surface area contributed by atoms with E-state index in [1.807, 2.05) is 24.3 Å². The minimum absolute atomic E-state index is 0.0231. The first kappa shape index (κ1) is 33.3. The van der Waals surface area contributed by atoms with Gasteiger partial charge in [0.25, 0.3) is 11.8 Å². The maximum atomic E-state index is 14.4. The van der Waals surface area contributed by atoms with Crippen LogP contribution in [0.15, 0.2) is 48.6 Å². The Morgan fingerprint density at radius 2 is 1.70 bits per heavy atom. The summed E-state index contributed by atoms with van der Waals surface area (Å²) >= 11 is 0. The lowest BCUT2D eigenvalue weighted by atomic mass is 9.84. The highest BCUT2D eigenvalue weighted by Gasteiger charge is 2.51. The van der Waals surface area contributed by atoms with Crippen LogP contribution in [-0.4, -0.2) is 84.8 Å². The summed E-state index contributed by atoms with van der Waals surface area (Å²) < 4.78 is 0. The van der Waals surface area contributed by atoms with Crippen LogP contribution in [0.25, 0.3) is 17.1 Å². The van der Waals surface area contributed by atoms with Gasteiger partial charge in [-0.3, -0.25) is 29.1 Å². The third-order valence-electron chi connectivity index (χ3n) is 10.1. The number of nitrogens with zero attached hydrogens (tertiary/aromatic N) is 6. The van der Waals surface area contributed by atoms with Gasteiger partial charge in [-0.05, 0) is 69.1 Å². The van der Waals surface area contributed by atoms with Crippen molar-refractivity contribution >= 4 is 34.8 Å². The van der Waals surface area contributed by atoms with E-state index in [1.165, 1.54) is 17.6 Å². The predicted molar refractivity (Wildman–Crippen MR) is 181 cm³/mol. The van der Waals surface area contributed by atoms with Crippen LogP contribution < -0.4 is 0 Å². The van der Waals surface area contributed by atoms with Gasteiger partial charge in [0.15, 0.2) is 11.9 Å². The minimum atomic E-state index is -0.843. The highest BCUT2D eigenvalue weighted by Crippen LogP contribution is 2.39. The summed E-state index contributed by atoms with van der Waals surface area (Å²) in [6.07, 6.45) is 13.7. The number of amides is 3. The van der Waals surface area contributed by atoms with Gasteiger partial charge >= 0.3 is 0 Å². The summed E-state index contributed by atoms with van der Waals surface area (Å²) in [6, 6.07) is 7.27. The number of hydrogen-bond donors (Lipinski definition) is 0. The lowest BCUT2D eigenvalue weighted by molar-refractivity contribution is -0.227. The molecular weight excluding hydrogens is 592 g/mol. The number of benzene rings is 1. The van der Waals surface area contributed by atoms with Gasteiger partial charge in [-0.2, -0.15) is 5.06 Å². The van der Waals surface area contributed by atoms with E-state index in [4.69, 9.17) is 4.84 Å². The molecule has 1 aromatic carbocycles. The Morgan fingerprint density at radius 3 is 2.38 bits per heavy atom. The molecule has 47 heavy (non-hydrogen) atoms. The third-order valence-corrected chi connectivity index (χ3v) is 10.1. The summed E-state index contributed by atoms with van der Waals surface area (Å²) in [5, 5.41) is 1.26. The lowest BCUT2D eigenvalue weighted by Crippen LogP contribution is -2.65. The number of aromatic nitrogens is 2. The molecule has 1 aromatic heterocycles. The highest BCUT2D eigenvalue weighted by atomic mass is 16.7. The number of hydrogen-bond acceptors (Lipinski definition) is 7. The van der Waals surface area contributed by atoms with E-state index in [2.05, 4.69) is 49.5 Å². The first-order valence-electron chi connectivity index (χ1n) is 17.5. The molecule has 0 unspecified atom stereocenters. The molecular formula is C37H50N6O4. The van der Waals surface area contributed by atoms with Crippen molar-refractivity contribution in [1.82, 2.24) is 29.7 Å². The van der Waals surface area contributed by atoms with E-state index >= 15 is 0 Å². The third kappa shape index (κ3) is 7.44. The number of likely N-dealkylation sites (tertiary alicyclic amines) is 1. The Kier molecular flexibility index (Phi) is 9.80. The fraction of sp³-hybridized carbons (Fsp3) is 0.595. The number of rotatable bonds is 7. The fourth-order valence-corrected chi connectivity index (χ4v) is 7.53. The monoisotopic (exact) mass is 642 g/mol. The van der Waals surface area contributed by atoms with Crippen molar-refractivity contribution < 1.29 is 19.2 Å². The Hall–Kier alpha value is -3.63. The van der Waals surface area contributed by atoms with Crippen LogP contribution in [0.1, 0.15) is 98.1 Å². The van der Waals surface area contributed by atoms with Crippen LogP contribution in [0.5, 0.6) is 0 Å². The maximum Gasteiger partial charge on any atom is 0.276 e. The molecule has 2 atom stereocenters. The molecule has 0 bridgehead atoms. The normalized spacial score (nSPS) is 24.0. The molecule has 3 aliphatic heterocycles. The van der Waals surface area contributed by atoms with E-state index in [0.29, 0.717) is 36.3 Å². The molecule has 2 saturated heterocycles. The number of carbonyl (C=O) groups excluding carboxylic acids is 3. The van der Waals surface area contributed by atoms with Crippen LogP contribution in [0.2, 0.25) is 0 Å². The zero-order chi connectivity index (χ0) is 33.3. The van der Waals surface area contributed by atoms with Gasteiger partial charge in [0, 0.05) is 31.2 Å². The fourth-order valence-electron chi connectivity index (χ4n) is 7.53. The second kappa shape index (κ2) is 13.8. The topological polar surface area (TPSA) is 99.2 Å². The van der Waals surface area contributed by atoms with Gasteiger partial charge in [0.2, 0.25) is 5.91 Å². The molecule has 10 heteroatoms. The molecule has 0 spiro atoms. The van der Waals surface area contributed by atoms with Gasteiger partial charge in [0.1, 0.15) is 6.04 Å². The SMILES string of the molecule is CC(C)N1CCC(N2C=C3N(C(=O)/C=C/c4cnc5ccccc5n4)O[C@H](CC4CCCCC4)C(=O)N3[C@@H](CC(C)(C)C)C2=O)CC1. The average Bonchev–Trinajstić information content (AvgIpc) is 3.05. The van der Waals surface area contributed by atoms with Gasteiger partial charge < -0.3 is 9.80 Å². The summed E-state index contributed by atoms with van der Waals surface area (Å²) in [4.78, 5) is 64.2. The maximum absolute atomic E-state index is 14.4. The average molecular weight is 643 g/mol. The molecule has 3 fully saturated rings. The molecule has 252 valence electrons. The Labute approximate surface area is 278 Å². The molecule has 6 rings (SSSR count). The molecule has 1 aliphatic carbocycles. The summed E-state index contributed by atoms with van der Waals surface area (Å²) in [6.45, 7) is 12.4. The molecule has 1 saturated carbocycles. The van der Waals surface area contributed by atoms with Crippen LogP contribution in [0.4, 0.5) is 0 Å². The molecule has 4 heterocycles. The van der Waals surface area contributed by atoms with E-state index < -0.39 is 18.1 Å². The standard InChI is InChI=1S/C37H50N6O4/c1-25(2)40-19-17-28(18-20-40)41-24-33-42(31(35(41)45)22-37(3,4)5)36(46)32(21-26-11-7-6-8-12-26)47-43(33)34(44)16-15-27-23-38-29-13-9-10-14-30(29)39-27/h9-10,13-16,23-26,28,31-32H,6-8,11-12,17-22H2,1-5H3/b16-15+/t31-,32+/m0/s1. The molecule has 0 N–H and O–H groups in total. The molecule has 3 amide bonds. The predicted octanol–water partition coefficient (Wildman–Crippen LogP) is 5.90.